The molecule has 0 radical (unpaired) electrons. The van der Waals surface area contributed by atoms with Gasteiger partial charge in [0.25, 0.3) is 0 Å². The Bertz CT molecular complexity index is 702. The van der Waals surface area contributed by atoms with Gasteiger partial charge >= 0.3 is 125 Å². The van der Waals surface area contributed by atoms with Gasteiger partial charge < -0.3 is 0 Å². The summed E-state index contributed by atoms with van der Waals surface area (Å²) in [6, 6.07) is 13.5. The summed E-state index contributed by atoms with van der Waals surface area (Å²) < 4.78 is 21.8. The Morgan fingerprint density at radius 3 is 2.19 bits per heavy atom. The Balaban J connectivity index is 2.41. The molecule has 0 fully saturated rings. The first-order valence-corrected chi connectivity index (χ1v) is 7.68. The SMILES string of the molecule is CCOc1ccc(-c2ccc(OCC)cc2C#P=O)cc1. The topological polar surface area (TPSA) is 35.5 Å². The molecule has 2 aromatic rings. The molecule has 0 spiro atoms. The molecule has 0 amide bonds. The third-order valence-corrected chi connectivity index (χ3v) is 3.28. The third kappa shape index (κ3) is 4.01. The maximum absolute atomic E-state index is 10.9. The van der Waals surface area contributed by atoms with Gasteiger partial charge in [0.1, 0.15) is 0 Å². The van der Waals surface area contributed by atoms with Crippen molar-refractivity contribution in [2.24, 2.45) is 0 Å². The molecule has 0 atom stereocenters. The van der Waals surface area contributed by atoms with Crippen molar-refractivity contribution in [1.29, 1.82) is 0 Å². The van der Waals surface area contributed by atoms with Gasteiger partial charge in [-0.05, 0) is 0 Å². The predicted octanol–water partition coefficient (Wildman–Crippen LogP) is 4.75. The zero-order valence-electron chi connectivity index (χ0n) is 12.1. The Hall–Kier alpha value is -1.95. The van der Waals surface area contributed by atoms with E-state index in [-0.39, 0.29) is 7.92 Å². The van der Waals surface area contributed by atoms with Gasteiger partial charge in [0, 0.05) is 0 Å². The van der Waals surface area contributed by atoms with Gasteiger partial charge in [0.15, 0.2) is 0 Å². The first-order chi connectivity index (χ1) is 10.3. The fourth-order valence-electron chi connectivity index (χ4n) is 2.07. The van der Waals surface area contributed by atoms with Crippen molar-refractivity contribution in [1.82, 2.24) is 0 Å². The Labute approximate surface area is 126 Å². The quantitative estimate of drug-likeness (QED) is 0.747. The van der Waals surface area contributed by atoms with Crippen LogP contribution in [0.2, 0.25) is 0 Å². The molecule has 0 aliphatic heterocycles. The van der Waals surface area contributed by atoms with Crippen molar-refractivity contribution >= 4 is 7.92 Å². The molecule has 0 N–H and O–H groups in total. The van der Waals surface area contributed by atoms with Crippen LogP contribution in [-0.2, 0) is 4.57 Å². The van der Waals surface area contributed by atoms with E-state index in [4.69, 9.17) is 9.47 Å². The van der Waals surface area contributed by atoms with E-state index in [0.29, 0.717) is 13.2 Å². The molecule has 21 heavy (non-hydrogen) atoms. The molecular weight excluding hydrogens is 283 g/mol. The van der Waals surface area contributed by atoms with Crippen LogP contribution in [0.3, 0.4) is 0 Å². The number of ether oxygens (including phenoxy) is 2. The van der Waals surface area contributed by atoms with Crippen molar-refractivity contribution in [3.8, 4) is 28.3 Å². The Morgan fingerprint density at radius 1 is 0.952 bits per heavy atom. The van der Waals surface area contributed by atoms with Crippen LogP contribution in [-0.4, -0.2) is 13.2 Å². The Morgan fingerprint density at radius 2 is 1.57 bits per heavy atom. The van der Waals surface area contributed by atoms with E-state index < -0.39 is 0 Å². The van der Waals surface area contributed by atoms with Crippen LogP contribution < -0.4 is 9.47 Å². The van der Waals surface area contributed by atoms with E-state index in [1.54, 1.807) is 0 Å². The molecular formula is C17H17O3P. The van der Waals surface area contributed by atoms with Gasteiger partial charge in [0.05, 0.1) is 0 Å². The molecule has 3 nitrogen and oxygen atoms in total. The summed E-state index contributed by atoms with van der Waals surface area (Å²) in [5.74, 6) is 1.59. The fourth-order valence-corrected chi connectivity index (χ4v) is 2.35. The number of hydrogen-bond donors (Lipinski definition) is 0. The summed E-state index contributed by atoms with van der Waals surface area (Å²) >= 11 is 0. The molecule has 0 saturated heterocycles. The average molecular weight is 300 g/mol. The zero-order valence-corrected chi connectivity index (χ0v) is 13.0. The second kappa shape index (κ2) is 7.73. The first kappa shape index (κ1) is 15.4. The van der Waals surface area contributed by atoms with Crippen LogP contribution in [0.5, 0.6) is 11.5 Å². The van der Waals surface area contributed by atoms with E-state index in [1.807, 2.05) is 56.3 Å². The van der Waals surface area contributed by atoms with Crippen LogP contribution in [0.1, 0.15) is 19.4 Å². The van der Waals surface area contributed by atoms with Gasteiger partial charge in [-0.15, -0.1) is 0 Å². The summed E-state index contributed by atoms with van der Waals surface area (Å²) in [6.45, 7) is 5.12. The number of hydrogen-bond acceptors (Lipinski definition) is 3. The minimum absolute atomic E-state index is 0.143. The van der Waals surface area contributed by atoms with Crippen LogP contribution in [0, 0.1) is 5.63 Å². The molecule has 2 aromatic carbocycles. The van der Waals surface area contributed by atoms with Gasteiger partial charge in [-0.3, -0.25) is 0 Å². The van der Waals surface area contributed by atoms with Crippen LogP contribution in [0.25, 0.3) is 11.1 Å². The molecule has 0 bridgehead atoms. The van der Waals surface area contributed by atoms with Gasteiger partial charge in [-0.2, -0.15) is 0 Å². The van der Waals surface area contributed by atoms with Crippen LogP contribution >= 0.6 is 7.92 Å². The fraction of sp³-hybridized carbons (Fsp3) is 0.235. The number of rotatable bonds is 5. The average Bonchev–Trinajstić information content (AvgIpc) is 2.50. The van der Waals surface area contributed by atoms with Crippen LogP contribution in [0.15, 0.2) is 42.5 Å². The van der Waals surface area contributed by atoms with E-state index in [0.717, 1.165) is 28.2 Å². The van der Waals surface area contributed by atoms with Crippen LogP contribution in [0.4, 0.5) is 0 Å². The van der Waals surface area contributed by atoms with Crippen molar-refractivity contribution in [2.45, 2.75) is 13.8 Å². The normalized spacial score (nSPS) is 9.81. The van der Waals surface area contributed by atoms with E-state index in [1.165, 1.54) is 0 Å². The molecule has 0 aromatic heterocycles. The summed E-state index contributed by atoms with van der Waals surface area (Å²) in [6.07, 6.45) is 0. The van der Waals surface area contributed by atoms with Crippen molar-refractivity contribution in [2.75, 3.05) is 13.2 Å². The summed E-state index contributed by atoms with van der Waals surface area (Å²) in [5, 5.41) is 0. The van der Waals surface area contributed by atoms with Crippen molar-refractivity contribution in [3.05, 3.63) is 48.0 Å². The van der Waals surface area contributed by atoms with E-state index in [9.17, 15) is 4.57 Å². The van der Waals surface area contributed by atoms with E-state index >= 15 is 0 Å². The van der Waals surface area contributed by atoms with Gasteiger partial charge in [0.2, 0.25) is 0 Å². The van der Waals surface area contributed by atoms with Gasteiger partial charge in [-0.25, -0.2) is 0 Å². The first-order valence-electron chi connectivity index (χ1n) is 6.87. The molecule has 0 unspecified atom stereocenters. The molecule has 0 aliphatic carbocycles. The van der Waals surface area contributed by atoms with Crippen molar-refractivity contribution < 1.29 is 14.0 Å². The third-order valence-electron chi connectivity index (χ3n) is 2.94. The molecule has 108 valence electrons. The second-order valence-electron chi connectivity index (χ2n) is 4.30. The summed E-state index contributed by atoms with van der Waals surface area (Å²) in [4.78, 5) is 0. The van der Waals surface area contributed by atoms with Gasteiger partial charge in [-0.1, -0.05) is 0 Å². The molecule has 2 rings (SSSR count). The molecule has 0 heterocycles. The maximum atomic E-state index is 10.9. The van der Waals surface area contributed by atoms with Crippen molar-refractivity contribution in [3.63, 3.8) is 0 Å². The predicted molar refractivity (Wildman–Crippen MR) is 84.8 cm³/mol. The van der Waals surface area contributed by atoms with E-state index in [2.05, 4.69) is 5.63 Å². The summed E-state index contributed by atoms with van der Waals surface area (Å²) in [5.41, 5.74) is 5.57. The zero-order chi connectivity index (χ0) is 15.1. The summed E-state index contributed by atoms with van der Waals surface area (Å²) in [7, 11) is -0.143. The minimum atomic E-state index is -0.143. The monoisotopic (exact) mass is 300 g/mol. The molecule has 4 heteroatoms. The molecule has 0 saturated carbocycles. The Kier molecular flexibility index (Phi) is 5.68. The second-order valence-corrected chi connectivity index (χ2v) is 4.71. The number of benzene rings is 2. The molecule has 0 aliphatic rings. The standard InChI is InChI=1S/C17H17O3P/c1-3-19-15-7-5-13(6-8-15)17-10-9-16(20-4-2)11-14(17)12-21-18/h5-11H,3-4H2,1-2H3.